The summed E-state index contributed by atoms with van der Waals surface area (Å²) >= 11 is 0. The Labute approximate surface area is 152 Å². The molecule has 0 spiro atoms. The third-order valence-corrected chi connectivity index (χ3v) is 5.58. The van der Waals surface area contributed by atoms with Gasteiger partial charge in [0.2, 0.25) is 5.91 Å². The van der Waals surface area contributed by atoms with Crippen molar-refractivity contribution in [3.8, 4) is 0 Å². The van der Waals surface area contributed by atoms with Crippen molar-refractivity contribution in [2.45, 2.75) is 12.6 Å². The predicted octanol–water partition coefficient (Wildman–Crippen LogP) is 0.0173. The number of hydrogen-bond acceptors (Lipinski definition) is 5. The van der Waals surface area contributed by atoms with Gasteiger partial charge < -0.3 is 5.32 Å². The van der Waals surface area contributed by atoms with Gasteiger partial charge in [-0.15, -0.1) is 0 Å². The first-order chi connectivity index (χ1) is 12.5. The van der Waals surface area contributed by atoms with Crippen LogP contribution in [-0.2, 0) is 25.6 Å². The van der Waals surface area contributed by atoms with Crippen LogP contribution < -0.4 is 16.2 Å². The molecule has 12 heteroatoms. The summed E-state index contributed by atoms with van der Waals surface area (Å²) < 4.78 is 60.0. The summed E-state index contributed by atoms with van der Waals surface area (Å²) in [6.07, 6.45) is -4.36. The van der Waals surface area contributed by atoms with Crippen LogP contribution in [0.4, 0.5) is 13.2 Å². The van der Waals surface area contributed by atoms with Crippen LogP contribution in [0.25, 0.3) is 0 Å². The highest BCUT2D eigenvalue weighted by Crippen LogP contribution is 2.29. The minimum absolute atomic E-state index is 0.0732. The molecule has 1 aliphatic rings. The van der Waals surface area contributed by atoms with Gasteiger partial charge in [0.05, 0.1) is 29.5 Å². The Kier molecular flexibility index (Phi) is 6.08. The Bertz CT molecular complexity index is 837. The molecular weight excluding hydrogens is 391 g/mol. The fourth-order valence-electron chi connectivity index (χ4n) is 2.35. The minimum Gasteiger partial charge on any atom is -0.343 e. The summed E-state index contributed by atoms with van der Waals surface area (Å²) in [6.45, 7) is -0.539. The molecule has 1 aromatic carbocycles. The Morgan fingerprint density at radius 2 is 1.70 bits per heavy atom. The number of amides is 3. The van der Waals surface area contributed by atoms with Crippen molar-refractivity contribution in [3.63, 3.8) is 0 Å². The standard InChI is InChI=1S/C15H16F3N3O5S/c16-15(17,18)11-3-1-9(2-4-11)13(23)19-7-12(22)20-21-14(24)10-5-6-27(25,26)8-10/h1-4,10H,5-8H2,(H,19,23)(H,20,22)(H,21,24)/t10-/m0/s1. The van der Waals surface area contributed by atoms with Crippen LogP contribution in [0, 0.1) is 5.92 Å². The van der Waals surface area contributed by atoms with Gasteiger partial charge >= 0.3 is 6.18 Å². The SMILES string of the molecule is O=C(CNC(=O)c1ccc(C(F)(F)F)cc1)NNC(=O)[C@H]1CCS(=O)(=O)C1. The molecule has 0 aromatic heterocycles. The van der Waals surface area contributed by atoms with Crippen molar-refractivity contribution >= 4 is 27.6 Å². The van der Waals surface area contributed by atoms with Crippen LogP contribution >= 0.6 is 0 Å². The van der Waals surface area contributed by atoms with Gasteiger partial charge in [0, 0.05) is 5.56 Å². The van der Waals surface area contributed by atoms with Gasteiger partial charge in [-0.05, 0) is 30.7 Å². The average Bonchev–Trinajstić information content (AvgIpc) is 2.97. The summed E-state index contributed by atoms with van der Waals surface area (Å²) in [5, 5.41) is 2.18. The molecule has 3 N–H and O–H groups in total. The first-order valence-corrected chi connectivity index (χ1v) is 9.55. The molecule has 8 nitrogen and oxygen atoms in total. The summed E-state index contributed by atoms with van der Waals surface area (Å²) in [4.78, 5) is 35.1. The van der Waals surface area contributed by atoms with E-state index in [2.05, 4.69) is 10.7 Å². The van der Waals surface area contributed by atoms with E-state index >= 15 is 0 Å². The Morgan fingerprint density at radius 3 is 2.22 bits per heavy atom. The second-order valence-corrected chi connectivity index (χ2v) is 8.12. The monoisotopic (exact) mass is 407 g/mol. The quantitative estimate of drug-likeness (QED) is 0.608. The van der Waals surface area contributed by atoms with Gasteiger partial charge in [0.25, 0.3) is 11.8 Å². The van der Waals surface area contributed by atoms with Gasteiger partial charge in [-0.3, -0.25) is 25.2 Å². The highest BCUT2D eigenvalue weighted by Gasteiger charge is 2.33. The van der Waals surface area contributed by atoms with Crippen molar-refractivity contribution in [2.24, 2.45) is 5.92 Å². The molecule has 0 unspecified atom stereocenters. The van der Waals surface area contributed by atoms with E-state index in [0.29, 0.717) is 0 Å². The van der Waals surface area contributed by atoms with E-state index in [9.17, 15) is 36.0 Å². The molecule has 1 fully saturated rings. The number of halogens is 3. The molecule has 1 atom stereocenters. The highest BCUT2D eigenvalue weighted by atomic mass is 32.2. The lowest BCUT2D eigenvalue weighted by Gasteiger charge is -2.11. The van der Waals surface area contributed by atoms with Gasteiger partial charge in [0.1, 0.15) is 0 Å². The summed E-state index contributed by atoms with van der Waals surface area (Å²) in [5.41, 5.74) is 3.11. The Balaban J connectivity index is 1.76. The third-order valence-electron chi connectivity index (χ3n) is 3.81. The molecule has 0 bridgehead atoms. The maximum atomic E-state index is 12.5. The first kappa shape index (κ1) is 20.7. The van der Waals surface area contributed by atoms with E-state index in [1.807, 2.05) is 5.43 Å². The van der Waals surface area contributed by atoms with E-state index in [1.165, 1.54) is 0 Å². The molecule has 1 aromatic rings. The number of hydrazine groups is 1. The number of carbonyl (C=O) groups excluding carboxylic acids is 3. The fraction of sp³-hybridized carbons (Fsp3) is 0.400. The number of carbonyl (C=O) groups is 3. The van der Waals surface area contributed by atoms with Gasteiger partial charge in [-0.2, -0.15) is 13.2 Å². The zero-order valence-electron chi connectivity index (χ0n) is 13.8. The Hall–Kier alpha value is -2.63. The van der Waals surface area contributed by atoms with Crippen molar-refractivity contribution in [2.75, 3.05) is 18.1 Å². The molecule has 27 heavy (non-hydrogen) atoms. The van der Waals surface area contributed by atoms with Crippen molar-refractivity contribution in [1.82, 2.24) is 16.2 Å². The maximum Gasteiger partial charge on any atom is 0.416 e. The number of benzene rings is 1. The predicted molar refractivity (Wildman–Crippen MR) is 86.8 cm³/mol. The molecular formula is C15H16F3N3O5S. The van der Waals surface area contributed by atoms with E-state index in [1.54, 1.807) is 0 Å². The van der Waals surface area contributed by atoms with Crippen molar-refractivity contribution in [3.05, 3.63) is 35.4 Å². The second kappa shape index (κ2) is 7.94. The van der Waals surface area contributed by atoms with Gasteiger partial charge in [-0.1, -0.05) is 0 Å². The molecule has 0 saturated carbocycles. The lowest BCUT2D eigenvalue weighted by molar-refractivity contribution is -0.137. The summed E-state index contributed by atoms with van der Waals surface area (Å²) in [7, 11) is -3.24. The molecule has 1 saturated heterocycles. The molecule has 148 valence electrons. The second-order valence-electron chi connectivity index (χ2n) is 5.90. The van der Waals surface area contributed by atoms with Gasteiger partial charge in [-0.25, -0.2) is 8.42 Å². The minimum atomic E-state index is -4.52. The summed E-state index contributed by atoms with van der Waals surface area (Å²) in [5.74, 6) is -3.35. The molecule has 0 radical (unpaired) electrons. The van der Waals surface area contributed by atoms with E-state index in [0.717, 1.165) is 24.3 Å². The lowest BCUT2D eigenvalue weighted by Crippen LogP contribution is -2.48. The Morgan fingerprint density at radius 1 is 1.07 bits per heavy atom. The zero-order chi connectivity index (χ0) is 20.2. The zero-order valence-corrected chi connectivity index (χ0v) is 14.6. The fourth-order valence-corrected chi connectivity index (χ4v) is 4.09. The van der Waals surface area contributed by atoms with Gasteiger partial charge in [0.15, 0.2) is 9.84 Å². The first-order valence-electron chi connectivity index (χ1n) is 7.72. The van der Waals surface area contributed by atoms with Crippen molar-refractivity contribution in [1.29, 1.82) is 0 Å². The molecule has 3 amide bonds. The number of sulfone groups is 1. The van der Waals surface area contributed by atoms with Crippen LogP contribution in [0.1, 0.15) is 22.3 Å². The normalized spacial score (nSPS) is 18.6. The molecule has 1 heterocycles. The third kappa shape index (κ3) is 5.94. The lowest BCUT2D eigenvalue weighted by atomic mass is 10.1. The van der Waals surface area contributed by atoms with E-state index < -0.39 is 51.8 Å². The molecule has 1 aliphatic heterocycles. The average molecular weight is 407 g/mol. The number of nitrogens with one attached hydrogen (secondary N) is 3. The van der Waals surface area contributed by atoms with E-state index in [4.69, 9.17) is 0 Å². The molecule has 0 aliphatic carbocycles. The largest absolute Gasteiger partial charge is 0.416 e. The van der Waals surface area contributed by atoms with Crippen LogP contribution in [0.3, 0.4) is 0 Å². The number of alkyl halides is 3. The maximum absolute atomic E-state index is 12.5. The van der Waals surface area contributed by atoms with Crippen LogP contribution in [0.5, 0.6) is 0 Å². The van der Waals surface area contributed by atoms with Crippen LogP contribution in [0.15, 0.2) is 24.3 Å². The van der Waals surface area contributed by atoms with E-state index in [-0.39, 0.29) is 23.5 Å². The van der Waals surface area contributed by atoms with Crippen LogP contribution in [-0.4, -0.2) is 44.2 Å². The van der Waals surface area contributed by atoms with Crippen molar-refractivity contribution < 1.29 is 36.0 Å². The number of hydrogen-bond donors (Lipinski definition) is 3. The summed E-state index contributed by atoms with van der Waals surface area (Å²) in [6, 6.07) is 3.42. The van der Waals surface area contributed by atoms with Crippen LogP contribution in [0.2, 0.25) is 0 Å². The topological polar surface area (TPSA) is 121 Å². The molecule has 2 rings (SSSR count). The highest BCUT2D eigenvalue weighted by molar-refractivity contribution is 7.91. The smallest absolute Gasteiger partial charge is 0.343 e. The number of rotatable bonds is 4.